The van der Waals surface area contributed by atoms with Gasteiger partial charge >= 0.3 is 6.09 Å². The Hall–Kier alpha value is -2.83. The quantitative estimate of drug-likeness (QED) is 0.571. The van der Waals surface area contributed by atoms with E-state index in [-0.39, 0.29) is 11.6 Å². The van der Waals surface area contributed by atoms with E-state index in [0.29, 0.717) is 24.7 Å². The lowest BCUT2D eigenvalue weighted by molar-refractivity contribution is 0.159. The van der Waals surface area contributed by atoms with Crippen molar-refractivity contribution in [3.05, 3.63) is 47.8 Å². The summed E-state index contributed by atoms with van der Waals surface area (Å²) in [5, 5.41) is 5.69. The molecule has 1 aromatic heterocycles. The second kappa shape index (κ2) is 10.2. The number of nitrogens with one attached hydrogen (secondary N) is 2. The van der Waals surface area contributed by atoms with Crippen LogP contribution in [-0.4, -0.2) is 17.7 Å². The Morgan fingerprint density at radius 1 is 1.15 bits per heavy atom. The second-order valence-corrected chi connectivity index (χ2v) is 5.93. The zero-order valence-corrected chi connectivity index (χ0v) is 14.9. The summed E-state index contributed by atoms with van der Waals surface area (Å²) in [5.74, 6) is 0.478. The lowest BCUT2D eigenvalue weighted by Gasteiger charge is -2.11. The zero-order chi connectivity index (χ0) is 18.8. The summed E-state index contributed by atoms with van der Waals surface area (Å²) in [5.41, 5.74) is 7.20. The fourth-order valence-corrected chi connectivity index (χ4v) is 2.31. The van der Waals surface area contributed by atoms with Crippen LogP contribution >= 0.6 is 0 Å². The molecule has 0 radical (unpaired) electrons. The van der Waals surface area contributed by atoms with Crippen molar-refractivity contribution in [1.82, 2.24) is 4.98 Å². The molecular formula is C19H25FN4O2. The summed E-state index contributed by atoms with van der Waals surface area (Å²) in [6.07, 6.45) is 3.62. The molecule has 0 aliphatic rings. The number of hydrogen-bond donors (Lipinski definition) is 3. The normalized spacial score (nSPS) is 10.4. The van der Waals surface area contributed by atoms with Gasteiger partial charge in [0.05, 0.1) is 12.3 Å². The number of aromatic nitrogens is 1. The second-order valence-electron chi connectivity index (χ2n) is 5.93. The molecule has 0 aliphatic carbocycles. The fourth-order valence-electron chi connectivity index (χ4n) is 2.31. The highest BCUT2D eigenvalue weighted by Crippen LogP contribution is 2.19. The van der Waals surface area contributed by atoms with Crippen molar-refractivity contribution in [1.29, 1.82) is 0 Å². The molecule has 140 valence electrons. The van der Waals surface area contributed by atoms with Gasteiger partial charge in [0.25, 0.3) is 0 Å². The molecule has 2 aromatic rings. The minimum Gasteiger partial charge on any atom is -0.449 e. The highest BCUT2D eigenvalue weighted by atomic mass is 19.1. The number of benzene rings is 1. The first kappa shape index (κ1) is 19.5. The van der Waals surface area contributed by atoms with E-state index in [1.165, 1.54) is 12.1 Å². The van der Waals surface area contributed by atoms with E-state index in [9.17, 15) is 9.18 Å². The molecule has 6 nitrogen and oxygen atoms in total. The summed E-state index contributed by atoms with van der Waals surface area (Å²) in [6.45, 7) is 3.00. The molecular weight excluding hydrogens is 335 g/mol. The van der Waals surface area contributed by atoms with E-state index < -0.39 is 6.09 Å². The zero-order valence-electron chi connectivity index (χ0n) is 14.9. The van der Waals surface area contributed by atoms with Gasteiger partial charge in [-0.1, -0.05) is 38.3 Å². The van der Waals surface area contributed by atoms with Crippen molar-refractivity contribution in [3.8, 4) is 0 Å². The summed E-state index contributed by atoms with van der Waals surface area (Å²) in [7, 11) is 0. The van der Waals surface area contributed by atoms with Gasteiger partial charge in [0.2, 0.25) is 0 Å². The van der Waals surface area contributed by atoms with E-state index in [4.69, 9.17) is 10.5 Å². The predicted molar refractivity (Wildman–Crippen MR) is 101 cm³/mol. The number of amides is 1. The number of unbranched alkanes of at least 4 members (excludes halogenated alkanes) is 3. The van der Waals surface area contributed by atoms with E-state index >= 15 is 0 Å². The van der Waals surface area contributed by atoms with Crippen LogP contribution in [0.2, 0.25) is 0 Å². The first-order chi connectivity index (χ1) is 12.6. The molecule has 1 amide bonds. The minimum atomic E-state index is -0.540. The van der Waals surface area contributed by atoms with Crippen LogP contribution in [-0.2, 0) is 11.3 Å². The molecule has 26 heavy (non-hydrogen) atoms. The number of nitrogens with zero attached hydrogens (tertiary/aromatic N) is 1. The van der Waals surface area contributed by atoms with Crippen LogP contribution in [0.15, 0.2) is 36.4 Å². The molecule has 0 spiro atoms. The van der Waals surface area contributed by atoms with Crippen molar-refractivity contribution < 1.29 is 13.9 Å². The maximum atomic E-state index is 12.9. The fraction of sp³-hybridized carbons (Fsp3) is 0.368. The molecule has 0 fully saturated rings. The predicted octanol–water partition coefficient (Wildman–Crippen LogP) is 4.54. The molecule has 0 unspecified atom stereocenters. The SMILES string of the molecule is CCCCCCOC(=O)Nc1ccc(NCc2ccc(F)cc2)nc1N. The van der Waals surface area contributed by atoms with Gasteiger partial charge in [0.1, 0.15) is 17.5 Å². The third kappa shape index (κ3) is 6.58. The number of anilines is 3. The first-order valence-electron chi connectivity index (χ1n) is 8.77. The van der Waals surface area contributed by atoms with E-state index in [1.807, 2.05) is 0 Å². The van der Waals surface area contributed by atoms with Gasteiger partial charge in [0.15, 0.2) is 0 Å². The standard InChI is InChI=1S/C19H25FN4O2/c1-2-3-4-5-12-26-19(25)23-16-10-11-17(24-18(16)21)22-13-14-6-8-15(20)9-7-14/h6-11H,2-5,12-13H2,1H3,(H,23,25)(H3,21,22,24). The Bertz CT molecular complexity index is 707. The van der Waals surface area contributed by atoms with Crippen LogP contribution in [0.25, 0.3) is 0 Å². The van der Waals surface area contributed by atoms with Crippen LogP contribution < -0.4 is 16.4 Å². The van der Waals surface area contributed by atoms with Crippen LogP contribution in [0.4, 0.5) is 26.5 Å². The van der Waals surface area contributed by atoms with Crippen LogP contribution in [0, 0.1) is 5.82 Å². The summed E-state index contributed by atoms with van der Waals surface area (Å²) >= 11 is 0. The molecule has 7 heteroatoms. The highest BCUT2D eigenvalue weighted by Gasteiger charge is 2.08. The van der Waals surface area contributed by atoms with E-state index in [1.54, 1.807) is 24.3 Å². The summed E-state index contributed by atoms with van der Waals surface area (Å²) in [6, 6.07) is 9.56. The summed E-state index contributed by atoms with van der Waals surface area (Å²) < 4.78 is 18.0. The topological polar surface area (TPSA) is 89.3 Å². The van der Waals surface area contributed by atoms with Gasteiger partial charge in [-0.15, -0.1) is 0 Å². The minimum absolute atomic E-state index is 0.192. The number of nitrogen functional groups attached to an aromatic ring is 1. The molecule has 0 aliphatic heterocycles. The third-order valence-electron chi connectivity index (χ3n) is 3.78. The van der Waals surface area contributed by atoms with Crippen molar-refractivity contribution >= 4 is 23.4 Å². The largest absolute Gasteiger partial charge is 0.449 e. The molecule has 4 N–H and O–H groups in total. The molecule has 1 aromatic carbocycles. The maximum absolute atomic E-state index is 12.9. The number of rotatable bonds is 9. The smallest absolute Gasteiger partial charge is 0.411 e. The van der Waals surface area contributed by atoms with Gasteiger partial charge in [0, 0.05) is 6.54 Å². The van der Waals surface area contributed by atoms with Crippen LogP contribution in [0.1, 0.15) is 38.2 Å². The molecule has 1 heterocycles. The number of hydrogen-bond acceptors (Lipinski definition) is 5. The lowest BCUT2D eigenvalue weighted by atomic mass is 10.2. The lowest BCUT2D eigenvalue weighted by Crippen LogP contribution is -2.16. The maximum Gasteiger partial charge on any atom is 0.411 e. The number of carbonyl (C=O) groups is 1. The summed E-state index contributed by atoms with van der Waals surface area (Å²) in [4.78, 5) is 16.0. The molecule has 0 bridgehead atoms. The highest BCUT2D eigenvalue weighted by molar-refractivity contribution is 5.88. The first-order valence-corrected chi connectivity index (χ1v) is 8.77. The average molecular weight is 360 g/mol. The Kier molecular flexibility index (Phi) is 7.67. The van der Waals surface area contributed by atoms with Crippen LogP contribution in [0.5, 0.6) is 0 Å². The number of pyridine rings is 1. The monoisotopic (exact) mass is 360 g/mol. The number of halogens is 1. The van der Waals surface area contributed by atoms with Gasteiger partial charge in [-0.05, 0) is 36.2 Å². The number of ether oxygens (including phenoxy) is 1. The molecule has 0 saturated heterocycles. The average Bonchev–Trinajstić information content (AvgIpc) is 2.63. The Morgan fingerprint density at radius 2 is 1.92 bits per heavy atom. The Labute approximate surface area is 153 Å². The van der Waals surface area contributed by atoms with Gasteiger partial charge in [-0.2, -0.15) is 0 Å². The van der Waals surface area contributed by atoms with Crippen LogP contribution in [0.3, 0.4) is 0 Å². The van der Waals surface area contributed by atoms with Gasteiger partial charge in [-0.3, -0.25) is 5.32 Å². The number of nitrogens with two attached hydrogens (primary N) is 1. The van der Waals surface area contributed by atoms with Crippen molar-refractivity contribution in [2.75, 3.05) is 23.0 Å². The molecule has 0 atom stereocenters. The van der Waals surface area contributed by atoms with Crippen molar-refractivity contribution in [2.45, 2.75) is 39.2 Å². The Balaban J connectivity index is 1.80. The Morgan fingerprint density at radius 3 is 2.62 bits per heavy atom. The molecule has 2 rings (SSSR count). The van der Waals surface area contributed by atoms with Crippen molar-refractivity contribution in [3.63, 3.8) is 0 Å². The van der Waals surface area contributed by atoms with Gasteiger partial charge < -0.3 is 15.8 Å². The third-order valence-corrected chi connectivity index (χ3v) is 3.78. The number of carbonyl (C=O) groups excluding carboxylic acids is 1. The molecule has 0 saturated carbocycles. The van der Waals surface area contributed by atoms with Gasteiger partial charge in [-0.25, -0.2) is 14.2 Å². The van der Waals surface area contributed by atoms with E-state index in [0.717, 1.165) is 31.2 Å². The van der Waals surface area contributed by atoms with Crippen molar-refractivity contribution in [2.24, 2.45) is 0 Å². The van der Waals surface area contributed by atoms with E-state index in [2.05, 4.69) is 22.5 Å².